The quantitative estimate of drug-likeness (QED) is 0.806. The third-order valence-corrected chi connectivity index (χ3v) is 3.10. The van der Waals surface area contributed by atoms with Crippen molar-refractivity contribution in [3.63, 3.8) is 0 Å². The summed E-state index contributed by atoms with van der Waals surface area (Å²) in [5.41, 5.74) is 1.07. The number of para-hydroxylation sites is 2. The maximum Gasteiger partial charge on any atom is 0.271 e. The standard InChI is InChI=1S/C16H21N5O2/c1-21(2)9-8-17-16(22)13-10-19-15(11-18-13)20-12-6-4-5-7-14(12)23-3/h4-7,10-11H,8-9H2,1-3H3,(H,17,22)(H,19,20). The molecule has 7 heteroatoms. The molecular weight excluding hydrogens is 294 g/mol. The number of nitrogens with zero attached hydrogens (tertiary/aromatic N) is 3. The van der Waals surface area contributed by atoms with Gasteiger partial charge >= 0.3 is 0 Å². The van der Waals surface area contributed by atoms with Gasteiger partial charge in [-0.15, -0.1) is 0 Å². The molecule has 1 aromatic carbocycles. The lowest BCUT2D eigenvalue weighted by atomic mass is 10.3. The Morgan fingerprint density at radius 3 is 2.65 bits per heavy atom. The molecule has 0 atom stereocenters. The summed E-state index contributed by atoms with van der Waals surface area (Å²) in [6.45, 7) is 1.33. The molecule has 0 fully saturated rings. The minimum Gasteiger partial charge on any atom is -0.495 e. The Labute approximate surface area is 135 Å². The summed E-state index contributed by atoms with van der Waals surface area (Å²) in [6, 6.07) is 7.51. The van der Waals surface area contributed by atoms with E-state index in [9.17, 15) is 4.79 Å². The second kappa shape index (κ2) is 8.09. The normalized spacial score (nSPS) is 10.4. The van der Waals surface area contributed by atoms with Crippen molar-refractivity contribution in [2.75, 3.05) is 39.6 Å². The number of hydrogen-bond acceptors (Lipinski definition) is 6. The van der Waals surface area contributed by atoms with Crippen LogP contribution >= 0.6 is 0 Å². The van der Waals surface area contributed by atoms with Crippen molar-refractivity contribution in [3.05, 3.63) is 42.4 Å². The summed E-state index contributed by atoms with van der Waals surface area (Å²) < 4.78 is 5.26. The predicted octanol–water partition coefficient (Wildman–Crippen LogP) is 1.52. The van der Waals surface area contributed by atoms with E-state index < -0.39 is 0 Å². The maximum absolute atomic E-state index is 11.9. The van der Waals surface area contributed by atoms with Crippen LogP contribution in [0, 0.1) is 0 Å². The van der Waals surface area contributed by atoms with Gasteiger partial charge in [-0.3, -0.25) is 4.79 Å². The van der Waals surface area contributed by atoms with Gasteiger partial charge in [0.25, 0.3) is 5.91 Å². The topological polar surface area (TPSA) is 79.4 Å². The molecule has 0 aliphatic heterocycles. The lowest BCUT2D eigenvalue weighted by Crippen LogP contribution is -2.31. The number of anilines is 2. The van der Waals surface area contributed by atoms with Gasteiger partial charge in [0.2, 0.25) is 0 Å². The number of benzene rings is 1. The summed E-state index contributed by atoms with van der Waals surface area (Å²) in [5, 5.41) is 5.90. The lowest BCUT2D eigenvalue weighted by molar-refractivity contribution is 0.0945. The zero-order chi connectivity index (χ0) is 16.7. The molecule has 2 N–H and O–H groups in total. The van der Waals surface area contributed by atoms with Crippen LogP contribution in [0.5, 0.6) is 5.75 Å². The highest BCUT2D eigenvalue weighted by Gasteiger charge is 2.08. The number of amides is 1. The van der Waals surface area contributed by atoms with Crippen molar-refractivity contribution in [2.24, 2.45) is 0 Å². The van der Waals surface area contributed by atoms with Gasteiger partial charge in [-0.2, -0.15) is 0 Å². The molecule has 1 heterocycles. The minimum atomic E-state index is -0.233. The fourth-order valence-electron chi connectivity index (χ4n) is 1.88. The summed E-state index contributed by atoms with van der Waals surface area (Å²) in [6.07, 6.45) is 2.97. The lowest BCUT2D eigenvalue weighted by Gasteiger charge is -2.11. The summed E-state index contributed by atoms with van der Waals surface area (Å²) in [7, 11) is 5.50. The molecule has 1 aromatic heterocycles. The van der Waals surface area contributed by atoms with E-state index in [0.29, 0.717) is 18.1 Å². The van der Waals surface area contributed by atoms with Gasteiger partial charge < -0.3 is 20.3 Å². The van der Waals surface area contributed by atoms with Gasteiger partial charge in [-0.25, -0.2) is 9.97 Å². The van der Waals surface area contributed by atoms with E-state index in [1.165, 1.54) is 12.4 Å². The Kier molecular flexibility index (Phi) is 5.87. The highest BCUT2D eigenvalue weighted by molar-refractivity contribution is 5.92. The number of aromatic nitrogens is 2. The highest BCUT2D eigenvalue weighted by Crippen LogP contribution is 2.25. The first-order valence-electron chi connectivity index (χ1n) is 7.25. The number of rotatable bonds is 7. The van der Waals surface area contributed by atoms with Crippen molar-refractivity contribution >= 4 is 17.4 Å². The van der Waals surface area contributed by atoms with Crippen molar-refractivity contribution in [1.29, 1.82) is 0 Å². The number of likely N-dealkylation sites (N-methyl/N-ethyl adjacent to an activating group) is 1. The van der Waals surface area contributed by atoms with Crippen LogP contribution in [0.4, 0.5) is 11.5 Å². The fraction of sp³-hybridized carbons (Fsp3) is 0.312. The third kappa shape index (κ3) is 4.93. The van der Waals surface area contributed by atoms with Crippen LogP contribution in [-0.4, -0.2) is 55.1 Å². The van der Waals surface area contributed by atoms with Crippen LogP contribution in [-0.2, 0) is 0 Å². The zero-order valence-corrected chi connectivity index (χ0v) is 13.5. The van der Waals surface area contributed by atoms with Gasteiger partial charge in [0.05, 0.1) is 25.2 Å². The van der Waals surface area contributed by atoms with Crippen LogP contribution in [0.3, 0.4) is 0 Å². The Morgan fingerprint density at radius 2 is 2.00 bits per heavy atom. The van der Waals surface area contributed by atoms with E-state index >= 15 is 0 Å². The van der Waals surface area contributed by atoms with Crippen LogP contribution in [0.1, 0.15) is 10.5 Å². The molecule has 0 saturated carbocycles. The van der Waals surface area contributed by atoms with Gasteiger partial charge in [-0.1, -0.05) is 12.1 Å². The molecule has 0 unspecified atom stereocenters. The average molecular weight is 315 g/mol. The van der Waals surface area contributed by atoms with Crippen molar-refractivity contribution in [3.8, 4) is 5.75 Å². The van der Waals surface area contributed by atoms with Gasteiger partial charge in [0.15, 0.2) is 0 Å². The molecule has 0 radical (unpaired) electrons. The van der Waals surface area contributed by atoms with Crippen molar-refractivity contribution in [2.45, 2.75) is 0 Å². The number of nitrogens with one attached hydrogen (secondary N) is 2. The van der Waals surface area contributed by atoms with Crippen LogP contribution in [0.15, 0.2) is 36.7 Å². The Bertz CT molecular complexity index is 643. The maximum atomic E-state index is 11.9. The smallest absolute Gasteiger partial charge is 0.271 e. The van der Waals surface area contributed by atoms with Crippen LogP contribution in [0.2, 0.25) is 0 Å². The van der Waals surface area contributed by atoms with Gasteiger partial charge in [-0.05, 0) is 26.2 Å². The second-order valence-corrected chi connectivity index (χ2v) is 5.17. The molecular formula is C16H21N5O2. The van der Waals surface area contributed by atoms with E-state index in [1.807, 2.05) is 43.3 Å². The molecule has 0 aliphatic rings. The van der Waals surface area contributed by atoms with Crippen LogP contribution in [0.25, 0.3) is 0 Å². The average Bonchev–Trinajstić information content (AvgIpc) is 2.55. The molecule has 0 bridgehead atoms. The van der Waals surface area contributed by atoms with Crippen molar-refractivity contribution < 1.29 is 9.53 Å². The monoisotopic (exact) mass is 315 g/mol. The van der Waals surface area contributed by atoms with E-state index in [1.54, 1.807) is 7.11 Å². The predicted molar refractivity (Wildman–Crippen MR) is 89.2 cm³/mol. The molecule has 0 aliphatic carbocycles. The molecule has 2 aromatic rings. The number of carbonyl (C=O) groups is 1. The number of hydrogen-bond donors (Lipinski definition) is 2. The molecule has 1 amide bonds. The Hall–Kier alpha value is -2.67. The van der Waals surface area contributed by atoms with Gasteiger partial charge in [0, 0.05) is 13.1 Å². The Balaban J connectivity index is 1.98. The third-order valence-electron chi connectivity index (χ3n) is 3.10. The molecule has 0 spiro atoms. The summed E-state index contributed by atoms with van der Waals surface area (Å²) in [5.74, 6) is 1.02. The fourth-order valence-corrected chi connectivity index (χ4v) is 1.88. The van der Waals surface area contributed by atoms with E-state index in [0.717, 1.165) is 12.2 Å². The minimum absolute atomic E-state index is 0.233. The largest absolute Gasteiger partial charge is 0.495 e. The molecule has 2 rings (SSSR count). The molecule has 122 valence electrons. The summed E-state index contributed by atoms with van der Waals surface area (Å²) >= 11 is 0. The van der Waals surface area contributed by atoms with E-state index in [2.05, 4.69) is 20.6 Å². The first kappa shape index (κ1) is 16.7. The SMILES string of the molecule is COc1ccccc1Nc1cnc(C(=O)NCCN(C)C)cn1. The number of ether oxygens (including phenoxy) is 1. The first-order chi connectivity index (χ1) is 11.1. The summed E-state index contributed by atoms with van der Waals surface area (Å²) in [4.78, 5) is 22.3. The Morgan fingerprint density at radius 1 is 1.22 bits per heavy atom. The van der Waals surface area contributed by atoms with E-state index in [-0.39, 0.29) is 11.6 Å². The first-order valence-corrected chi connectivity index (χ1v) is 7.25. The van der Waals surface area contributed by atoms with E-state index in [4.69, 9.17) is 4.74 Å². The zero-order valence-electron chi connectivity index (χ0n) is 13.5. The van der Waals surface area contributed by atoms with Crippen LogP contribution < -0.4 is 15.4 Å². The van der Waals surface area contributed by atoms with Crippen molar-refractivity contribution in [1.82, 2.24) is 20.2 Å². The molecule has 0 saturated heterocycles. The van der Waals surface area contributed by atoms with Gasteiger partial charge in [0.1, 0.15) is 17.3 Å². The highest BCUT2D eigenvalue weighted by atomic mass is 16.5. The molecule has 7 nitrogen and oxygen atoms in total. The number of carbonyl (C=O) groups excluding carboxylic acids is 1. The number of methoxy groups -OCH3 is 1. The second-order valence-electron chi connectivity index (χ2n) is 5.17. The molecule has 23 heavy (non-hydrogen) atoms.